The maximum atomic E-state index is 14.2. The Hall–Kier alpha value is -1.92. The summed E-state index contributed by atoms with van der Waals surface area (Å²) < 4.78 is 28.3. The van der Waals surface area contributed by atoms with E-state index in [2.05, 4.69) is 19.9 Å². The summed E-state index contributed by atoms with van der Waals surface area (Å²) in [5, 5.41) is -0.227. The molecule has 0 saturated heterocycles. The van der Waals surface area contributed by atoms with Crippen LogP contribution in [0.3, 0.4) is 0 Å². The topological polar surface area (TPSA) is 51.6 Å². The Labute approximate surface area is 134 Å². The van der Waals surface area contributed by atoms with Crippen LogP contribution in [0.2, 0.25) is 10.3 Å². The molecule has 0 aliphatic carbocycles. The number of hydrogen-bond acceptors (Lipinski definition) is 4. The van der Waals surface area contributed by atoms with Crippen molar-refractivity contribution in [1.82, 2.24) is 19.9 Å². The molecule has 0 atom stereocenters. The molecule has 4 nitrogen and oxygen atoms in total. The van der Waals surface area contributed by atoms with Gasteiger partial charge in [0.05, 0.1) is 17.0 Å². The molecule has 0 unspecified atom stereocenters. The second kappa shape index (κ2) is 5.37. The van der Waals surface area contributed by atoms with Crippen LogP contribution in [-0.2, 0) is 0 Å². The number of benzene rings is 1. The normalized spacial score (nSPS) is 11.2. The van der Waals surface area contributed by atoms with Crippen molar-refractivity contribution in [2.75, 3.05) is 0 Å². The number of fused-ring (bicyclic) bond motifs is 1. The van der Waals surface area contributed by atoms with Gasteiger partial charge in [0.25, 0.3) is 0 Å². The van der Waals surface area contributed by atoms with E-state index in [9.17, 15) is 8.78 Å². The third kappa shape index (κ3) is 2.48. The van der Waals surface area contributed by atoms with Gasteiger partial charge in [0.2, 0.25) is 5.28 Å². The summed E-state index contributed by atoms with van der Waals surface area (Å²) in [7, 11) is 0. The molecule has 112 valence electrons. The SMILES string of the molecule is Cc1nc2nc(Cl)nc(-c3c(F)cc(Cl)cc3F)c2nc1C. The van der Waals surface area contributed by atoms with Crippen molar-refractivity contribution in [2.24, 2.45) is 0 Å². The van der Waals surface area contributed by atoms with Gasteiger partial charge in [-0.1, -0.05) is 11.6 Å². The minimum Gasteiger partial charge on any atom is -0.246 e. The van der Waals surface area contributed by atoms with Gasteiger partial charge in [-0.05, 0) is 37.6 Å². The lowest BCUT2D eigenvalue weighted by Crippen LogP contribution is -2.02. The average Bonchev–Trinajstić information content (AvgIpc) is 2.39. The lowest BCUT2D eigenvalue weighted by atomic mass is 10.1. The summed E-state index contributed by atoms with van der Waals surface area (Å²) in [6, 6.07) is 1.99. The summed E-state index contributed by atoms with van der Waals surface area (Å²) in [6.45, 7) is 3.48. The highest BCUT2D eigenvalue weighted by Crippen LogP contribution is 2.32. The Balaban J connectivity index is 2.43. The summed E-state index contributed by atoms with van der Waals surface area (Å²) in [5.74, 6) is -1.72. The first-order valence-corrected chi connectivity index (χ1v) is 6.96. The second-order valence-electron chi connectivity index (χ2n) is 4.65. The maximum Gasteiger partial charge on any atom is 0.225 e. The Morgan fingerprint density at radius 3 is 2.09 bits per heavy atom. The molecule has 0 amide bonds. The van der Waals surface area contributed by atoms with Crippen molar-refractivity contribution in [1.29, 1.82) is 0 Å². The number of rotatable bonds is 1. The molecule has 0 bridgehead atoms. The van der Waals surface area contributed by atoms with Crippen LogP contribution in [0.15, 0.2) is 12.1 Å². The second-order valence-corrected chi connectivity index (χ2v) is 5.43. The standard InChI is InChI=1S/C14H8Cl2F2N4/c1-5-6(2)20-13-12(19-5)11(21-14(16)22-13)10-8(17)3-7(15)4-9(10)18/h3-4H,1-2H3. The Morgan fingerprint density at radius 2 is 1.45 bits per heavy atom. The predicted octanol–water partition coefficient (Wildman–Crippen LogP) is 4.29. The fourth-order valence-corrected chi connectivity index (χ4v) is 2.38. The zero-order valence-corrected chi connectivity index (χ0v) is 13.0. The van der Waals surface area contributed by atoms with Gasteiger partial charge in [0.1, 0.15) is 22.8 Å². The van der Waals surface area contributed by atoms with Crippen LogP contribution in [-0.4, -0.2) is 19.9 Å². The van der Waals surface area contributed by atoms with Gasteiger partial charge >= 0.3 is 0 Å². The molecule has 2 aromatic heterocycles. The van der Waals surface area contributed by atoms with Crippen molar-refractivity contribution in [3.8, 4) is 11.3 Å². The van der Waals surface area contributed by atoms with Crippen LogP contribution in [0.4, 0.5) is 8.78 Å². The van der Waals surface area contributed by atoms with E-state index in [1.165, 1.54) is 0 Å². The first-order chi connectivity index (χ1) is 10.4. The molecule has 1 aromatic carbocycles. The van der Waals surface area contributed by atoms with Crippen molar-refractivity contribution in [3.05, 3.63) is 45.5 Å². The molecule has 0 N–H and O–H groups in total. The van der Waals surface area contributed by atoms with Crippen LogP contribution in [0.25, 0.3) is 22.4 Å². The van der Waals surface area contributed by atoms with E-state index in [-0.39, 0.29) is 32.7 Å². The molecule has 3 rings (SSSR count). The van der Waals surface area contributed by atoms with E-state index in [1.807, 2.05) is 0 Å². The number of halogens is 4. The maximum absolute atomic E-state index is 14.2. The first-order valence-electron chi connectivity index (χ1n) is 6.20. The van der Waals surface area contributed by atoms with Crippen LogP contribution < -0.4 is 0 Å². The quantitative estimate of drug-likeness (QED) is 0.620. The van der Waals surface area contributed by atoms with Crippen molar-refractivity contribution < 1.29 is 8.78 Å². The molecule has 2 heterocycles. The number of aromatic nitrogens is 4. The van der Waals surface area contributed by atoms with Crippen LogP contribution in [0, 0.1) is 25.5 Å². The lowest BCUT2D eigenvalue weighted by Gasteiger charge is -2.09. The Kier molecular flexibility index (Phi) is 3.66. The molecular weight excluding hydrogens is 333 g/mol. The predicted molar refractivity (Wildman–Crippen MR) is 80.0 cm³/mol. The van der Waals surface area contributed by atoms with Crippen molar-refractivity contribution in [3.63, 3.8) is 0 Å². The smallest absolute Gasteiger partial charge is 0.225 e. The van der Waals surface area contributed by atoms with Gasteiger partial charge in [0, 0.05) is 5.02 Å². The first kappa shape index (κ1) is 15.0. The van der Waals surface area contributed by atoms with E-state index in [1.54, 1.807) is 13.8 Å². The van der Waals surface area contributed by atoms with Gasteiger partial charge in [-0.2, -0.15) is 4.98 Å². The van der Waals surface area contributed by atoms with Gasteiger partial charge in [0.15, 0.2) is 5.65 Å². The number of nitrogens with zero attached hydrogens (tertiary/aromatic N) is 4. The molecule has 0 fully saturated rings. The van der Waals surface area contributed by atoms with E-state index >= 15 is 0 Å². The molecule has 0 radical (unpaired) electrons. The monoisotopic (exact) mass is 340 g/mol. The van der Waals surface area contributed by atoms with E-state index in [0.717, 1.165) is 12.1 Å². The Morgan fingerprint density at radius 1 is 0.864 bits per heavy atom. The minimum absolute atomic E-state index is 0.0543. The molecule has 3 aromatic rings. The average molecular weight is 341 g/mol. The largest absolute Gasteiger partial charge is 0.246 e. The molecule has 0 saturated carbocycles. The molecule has 22 heavy (non-hydrogen) atoms. The zero-order valence-electron chi connectivity index (χ0n) is 11.5. The fraction of sp³-hybridized carbons (Fsp3) is 0.143. The molecule has 0 aliphatic rings. The third-order valence-electron chi connectivity index (χ3n) is 3.16. The van der Waals surface area contributed by atoms with Gasteiger partial charge in [-0.15, -0.1) is 0 Å². The summed E-state index contributed by atoms with van der Waals surface area (Å²) in [6.07, 6.45) is 0. The molecular formula is C14H8Cl2F2N4. The number of aryl methyl sites for hydroxylation is 2. The fourth-order valence-electron chi connectivity index (χ4n) is 2.03. The van der Waals surface area contributed by atoms with E-state index in [4.69, 9.17) is 23.2 Å². The summed E-state index contributed by atoms with van der Waals surface area (Å²) in [4.78, 5) is 16.4. The summed E-state index contributed by atoms with van der Waals surface area (Å²) >= 11 is 11.5. The van der Waals surface area contributed by atoms with Crippen molar-refractivity contribution >= 4 is 34.4 Å². The molecule has 0 aliphatic heterocycles. The highest BCUT2D eigenvalue weighted by Gasteiger charge is 2.20. The minimum atomic E-state index is -0.860. The third-order valence-corrected chi connectivity index (χ3v) is 3.55. The highest BCUT2D eigenvalue weighted by molar-refractivity contribution is 6.30. The zero-order chi connectivity index (χ0) is 16.0. The number of hydrogen-bond donors (Lipinski definition) is 0. The molecule has 8 heteroatoms. The van der Waals surface area contributed by atoms with Crippen LogP contribution in [0.1, 0.15) is 11.4 Å². The lowest BCUT2D eigenvalue weighted by molar-refractivity contribution is 0.589. The Bertz CT molecular complexity index is 892. The van der Waals surface area contributed by atoms with Crippen LogP contribution in [0.5, 0.6) is 0 Å². The van der Waals surface area contributed by atoms with Crippen LogP contribution >= 0.6 is 23.2 Å². The summed E-state index contributed by atoms with van der Waals surface area (Å²) in [5.41, 5.74) is 1.17. The van der Waals surface area contributed by atoms with Gasteiger partial charge in [-0.25, -0.2) is 23.7 Å². The highest BCUT2D eigenvalue weighted by atomic mass is 35.5. The van der Waals surface area contributed by atoms with E-state index < -0.39 is 11.6 Å². The van der Waals surface area contributed by atoms with E-state index in [0.29, 0.717) is 11.4 Å². The van der Waals surface area contributed by atoms with Gasteiger partial charge in [-0.3, -0.25) is 0 Å². The van der Waals surface area contributed by atoms with Crippen molar-refractivity contribution in [2.45, 2.75) is 13.8 Å². The molecule has 0 spiro atoms. The van der Waals surface area contributed by atoms with Gasteiger partial charge < -0.3 is 0 Å².